The molecule has 1 heterocycles. The van der Waals surface area contributed by atoms with E-state index >= 15 is 0 Å². The van der Waals surface area contributed by atoms with Gasteiger partial charge in [-0.1, -0.05) is 15.9 Å². The molecule has 3 N–H and O–H groups in total. The molecule has 0 spiro atoms. The number of hydrogen-bond donors (Lipinski definition) is 3. The van der Waals surface area contributed by atoms with E-state index in [-0.39, 0.29) is 17.7 Å². The van der Waals surface area contributed by atoms with Gasteiger partial charge < -0.3 is 15.5 Å². The zero-order valence-corrected chi connectivity index (χ0v) is 14.1. The van der Waals surface area contributed by atoms with Gasteiger partial charge in [0.15, 0.2) is 0 Å². The van der Waals surface area contributed by atoms with Gasteiger partial charge >= 0.3 is 6.09 Å². The summed E-state index contributed by atoms with van der Waals surface area (Å²) in [6.45, 7) is 0.344. The lowest BCUT2D eigenvalue weighted by molar-refractivity contribution is 0.0593. The van der Waals surface area contributed by atoms with E-state index in [1.165, 1.54) is 24.3 Å². The highest BCUT2D eigenvalue weighted by molar-refractivity contribution is 9.10. The molecule has 0 bridgehead atoms. The van der Waals surface area contributed by atoms with Crippen LogP contribution in [0.15, 0.2) is 33.6 Å². The van der Waals surface area contributed by atoms with Crippen molar-refractivity contribution in [3.8, 4) is 0 Å². The molecule has 22 heavy (non-hydrogen) atoms. The van der Waals surface area contributed by atoms with Crippen LogP contribution in [-0.4, -0.2) is 54.3 Å². The van der Waals surface area contributed by atoms with E-state index in [4.69, 9.17) is 0 Å². The van der Waals surface area contributed by atoms with Gasteiger partial charge in [0.1, 0.15) is 0 Å². The van der Waals surface area contributed by atoms with E-state index in [2.05, 4.69) is 21.2 Å². The summed E-state index contributed by atoms with van der Waals surface area (Å²) in [5.41, 5.74) is -1.33. The number of halogens is 1. The first kappa shape index (κ1) is 17.2. The molecule has 1 aliphatic rings. The summed E-state index contributed by atoms with van der Waals surface area (Å²) in [6, 6.07) is 5.73. The molecule has 1 fully saturated rings. The van der Waals surface area contributed by atoms with Crippen LogP contribution in [-0.2, 0) is 10.0 Å². The summed E-state index contributed by atoms with van der Waals surface area (Å²) in [5, 5.41) is 22.2. The number of carbonyl (C=O) groups is 1. The number of aliphatic hydroxyl groups excluding tert-OH is 1. The molecule has 1 saturated heterocycles. The number of rotatable bonds is 4. The van der Waals surface area contributed by atoms with Crippen LogP contribution in [0.2, 0.25) is 0 Å². The third-order valence-corrected chi connectivity index (χ3v) is 6.21. The summed E-state index contributed by atoms with van der Waals surface area (Å²) in [7, 11) is -4.26. The Labute approximate surface area is 137 Å². The zero-order valence-electron chi connectivity index (χ0n) is 11.7. The van der Waals surface area contributed by atoms with Gasteiger partial charge in [-0.25, -0.2) is 13.2 Å². The number of carboxylic acid groups (broad SMARTS) is 1. The van der Waals surface area contributed by atoms with Crippen molar-refractivity contribution in [2.75, 3.05) is 19.7 Å². The number of piperidine rings is 1. The van der Waals surface area contributed by atoms with E-state index in [0.29, 0.717) is 21.9 Å². The second-order valence-corrected chi connectivity index (χ2v) is 7.84. The Balaban J connectivity index is 2.50. The molecule has 1 aromatic rings. The Morgan fingerprint density at radius 1 is 1.27 bits per heavy atom. The minimum atomic E-state index is -4.26. The first-order valence-corrected chi connectivity index (χ1v) is 8.92. The van der Waals surface area contributed by atoms with Crippen molar-refractivity contribution in [2.24, 2.45) is 0 Å². The standard InChI is InChI=1S/C13H17BrN2O5S/c14-10-1-3-11(4-2-10)22(20,21)16(12(18)19)13(9-17)5-7-15-8-6-13/h1-4,15,17H,5-9H2,(H,18,19). The van der Waals surface area contributed by atoms with E-state index < -0.39 is 28.3 Å². The quantitative estimate of drug-likeness (QED) is 0.711. The fraction of sp³-hybridized carbons (Fsp3) is 0.462. The van der Waals surface area contributed by atoms with E-state index in [9.17, 15) is 23.4 Å². The number of hydrogen-bond acceptors (Lipinski definition) is 5. The first-order valence-electron chi connectivity index (χ1n) is 6.69. The first-order chi connectivity index (χ1) is 10.3. The summed E-state index contributed by atoms with van der Waals surface area (Å²) in [4.78, 5) is 11.5. The topological polar surface area (TPSA) is 107 Å². The minimum Gasteiger partial charge on any atom is -0.464 e. The number of aliphatic hydroxyl groups is 1. The molecule has 1 aliphatic heterocycles. The third-order valence-electron chi connectivity index (χ3n) is 3.78. The highest BCUT2D eigenvalue weighted by atomic mass is 79.9. The highest BCUT2D eigenvalue weighted by Gasteiger charge is 2.47. The van der Waals surface area contributed by atoms with Crippen LogP contribution in [0.1, 0.15) is 12.8 Å². The molecule has 0 aromatic heterocycles. The van der Waals surface area contributed by atoms with E-state index in [1.54, 1.807) is 0 Å². The summed E-state index contributed by atoms with van der Waals surface area (Å²) in [6.07, 6.45) is -1.13. The predicted octanol–water partition coefficient (Wildman–Crippen LogP) is 1.23. The largest absolute Gasteiger partial charge is 0.464 e. The average molecular weight is 393 g/mol. The smallest absolute Gasteiger partial charge is 0.421 e. The lowest BCUT2D eigenvalue weighted by Crippen LogP contribution is -2.60. The van der Waals surface area contributed by atoms with Gasteiger partial charge in [-0.2, -0.15) is 4.31 Å². The normalized spacial score (nSPS) is 17.9. The monoisotopic (exact) mass is 392 g/mol. The fourth-order valence-electron chi connectivity index (χ4n) is 2.59. The SMILES string of the molecule is O=C(O)N(C1(CO)CCNCC1)S(=O)(=O)c1ccc(Br)cc1. The van der Waals surface area contributed by atoms with Gasteiger partial charge in [0.25, 0.3) is 10.0 Å². The molecule has 9 heteroatoms. The lowest BCUT2D eigenvalue weighted by Gasteiger charge is -2.42. The molecule has 2 rings (SSSR count). The van der Waals surface area contributed by atoms with Gasteiger partial charge in [-0.05, 0) is 50.2 Å². The van der Waals surface area contributed by atoms with Crippen molar-refractivity contribution in [3.05, 3.63) is 28.7 Å². The Morgan fingerprint density at radius 2 is 1.82 bits per heavy atom. The van der Waals surface area contributed by atoms with Gasteiger partial charge in [-0.3, -0.25) is 0 Å². The lowest BCUT2D eigenvalue weighted by atomic mass is 9.89. The van der Waals surface area contributed by atoms with Gasteiger partial charge in [0.2, 0.25) is 0 Å². The highest BCUT2D eigenvalue weighted by Crippen LogP contribution is 2.32. The Bertz CT molecular complexity index is 641. The maximum absolute atomic E-state index is 12.7. The number of nitrogens with zero attached hydrogens (tertiary/aromatic N) is 1. The van der Waals surface area contributed by atoms with Crippen molar-refractivity contribution >= 4 is 32.0 Å². The van der Waals surface area contributed by atoms with Crippen LogP contribution in [0.5, 0.6) is 0 Å². The second-order valence-electron chi connectivity index (χ2n) is 5.14. The Kier molecular flexibility index (Phi) is 5.10. The molecule has 0 unspecified atom stereocenters. The number of sulfonamides is 1. The van der Waals surface area contributed by atoms with Crippen molar-refractivity contribution in [2.45, 2.75) is 23.3 Å². The number of nitrogens with one attached hydrogen (secondary N) is 1. The van der Waals surface area contributed by atoms with E-state index in [1.807, 2.05) is 0 Å². The summed E-state index contributed by atoms with van der Waals surface area (Å²) in [5.74, 6) is 0. The zero-order chi connectivity index (χ0) is 16.4. The Hall–Kier alpha value is -1.16. The van der Waals surface area contributed by atoms with Crippen LogP contribution in [0, 0.1) is 0 Å². The van der Waals surface area contributed by atoms with Crippen molar-refractivity contribution in [1.29, 1.82) is 0 Å². The molecule has 1 amide bonds. The van der Waals surface area contributed by atoms with Crippen molar-refractivity contribution < 1.29 is 23.4 Å². The maximum atomic E-state index is 12.7. The number of amides is 1. The molecule has 0 radical (unpaired) electrons. The van der Waals surface area contributed by atoms with Gasteiger partial charge in [0, 0.05) is 4.47 Å². The molecule has 0 saturated carbocycles. The summed E-state index contributed by atoms with van der Waals surface area (Å²) < 4.78 is 26.6. The van der Waals surface area contributed by atoms with Crippen LogP contribution < -0.4 is 5.32 Å². The molecular formula is C13H17BrN2O5S. The molecule has 0 atom stereocenters. The molecule has 122 valence electrons. The van der Waals surface area contributed by atoms with Crippen LogP contribution in [0.25, 0.3) is 0 Å². The minimum absolute atomic E-state index is 0.121. The van der Waals surface area contributed by atoms with Crippen LogP contribution in [0.4, 0.5) is 4.79 Å². The molecule has 7 nitrogen and oxygen atoms in total. The van der Waals surface area contributed by atoms with Gasteiger partial charge in [0.05, 0.1) is 17.0 Å². The predicted molar refractivity (Wildman–Crippen MR) is 83.1 cm³/mol. The second kappa shape index (κ2) is 6.53. The van der Waals surface area contributed by atoms with Crippen LogP contribution >= 0.6 is 15.9 Å². The number of benzene rings is 1. The maximum Gasteiger partial charge on any atom is 0.421 e. The van der Waals surface area contributed by atoms with Crippen molar-refractivity contribution in [3.63, 3.8) is 0 Å². The fourth-order valence-corrected chi connectivity index (χ4v) is 4.50. The Morgan fingerprint density at radius 3 is 2.27 bits per heavy atom. The van der Waals surface area contributed by atoms with Crippen LogP contribution in [0.3, 0.4) is 0 Å². The van der Waals surface area contributed by atoms with E-state index in [0.717, 1.165) is 0 Å². The molecule has 0 aliphatic carbocycles. The summed E-state index contributed by atoms with van der Waals surface area (Å²) >= 11 is 3.21. The van der Waals surface area contributed by atoms with Gasteiger partial charge in [-0.15, -0.1) is 0 Å². The average Bonchev–Trinajstić information content (AvgIpc) is 2.48. The molecular weight excluding hydrogens is 376 g/mol. The van der Waals surface area contributed by atoms with Crippen molar-refractivity contribution in [1.82, 2.24) is 9.62 Å². The third kappa shape index (κ3) is 3.12. The molecule has 1 aromatic carbocycles.